The minimum absolute atomic E-state index is 0.0857. The van der Waals surface area contributed by atoms with Gasteiger partial charge in [0.15, 0.2) is 0 Å². The molecule has 7 heteroatoms. The van der Waals surface area contributed by atoms with Gasteiger partial charge in [0, 0.05) is 14.1 Å². The third-order valence-corrected chi connectivity index (χ3v) is 5.79. The van der Waals surface area contributed by atoms with Crippen molar-refractivity contribution < 1.29 is 12.8 Å². The Labute approximate surface area is 134 Å². The average Bonchev–Trinajstić information content (AvgIpc) is 2.87. The number of rotatable bonds is 3. The smallest absolute Gasteiger partial charge is 0.264 e. The molecule has 0 aliphatic carbocycles. The van der Waals surface area contributed by atoms with Gasteiger partial charge in [-0.25, -0.2) is 17.8 Å². The van der Waals surface area contributed by atoms with Gasteiger partial charge in [-0.15, -0.1) is 0 Å². The molecule has 120 valence electrons. The maximum atomic E-state index is 13.2. The maximum Gasteiger partial charge on any atom is 0.264 e. The van der Waals surface area contributed by atoms with Crippen LogP contribution in [0.3, 0.4) is 0 Å². The highest BCUT2D eigenvalue weighted by molar-refractivity contribution is 7.92. The summed E-state index contributed by atoms with van der Waals surface area (Å²) < 4.78 is 41.8. The van der Waals surface area contributed by atoms with Crippen LogP contribution >= 0.6 is 0 Å². The Morgan fingerprint density at radius 3 is 2.61 bits per heavy atom. The highest BCUT2D eigenvalue weighted by Gasteiger charge is 2.23. The van der Waals surface area contributed by atoms with E-state index in [1.807, 2.05) is 17.7 Å². The molecular weight excluding hydrogens is 317 g/mol. The number of hydrogen-bond donors (Lipinski definition) is 0. The number of aryl methyl sites for hydroxylation is 2. The molecule has 3 rings (SSSR count). The third kappa shape index (κ3) is 2.57. The van der Waals surface area contributed by atoms with Crippen molar-refractivity contribution in [2.45, 2.75) is 11.8 Å². The predicted molar refractivity (Wildman–Crippen MR) is 87.4 cm³/mol. The minimum Gasteiger partial charge on any atom is -0.334 e. The normalized spacial score (nSPS) is 11.8. The summed E-state index contributed by atoms with van der Waals surface area (Å²) >= 11 is 0. The molecule has 5 nitrogen and oxygen atoms in total. The van der Waals surface area contributed by atoms with E-state index in [1.54, 1.807) is 25.4 Å². The summed E-state index contributed by atoms with van der Waals surface area (Å²) in [5, 5.41) is 0. The van der Waals surface area contributed by atoms with Gasteiger partial charge in [-0.05, 0) is 48.9 Å². The highest BCUT2D eigenvalue weighted by atomic mass is 32.2. The Hall–Kier alpha value is -2.41. The molecule has 0 fully saturated rings. The zero-order valence-electron chi connectivity index (χ0n) is 13.0. The SMILES string of the molecule is Cc1cc(F)ccc1S(=O)(=O)N(C)c1ccc2c(c1)ncn2C. The van der Waals surface area contributed by atoms with Crippen LogP contribution < -0.4 is 4.31 Å². The lowest BCUT2D eigenvalue weighted by Crippen LogP contribution is -2.27. The first-order valence-electron chi connectivity index (χ1n) is 6.97. The van der Waals surface area contributed by atoms with Gasteiger partial charge in [-0.2, -0.15) is 0 Å². The van der Waals surface area contributed by atoms with Gasteiger partial charge in [-0.1, -0.05) is 0 Å². The summed E-state index contributed by atoms with van der Waals surface area (Å²) in [6.45, 7) is 1.58. The molecule has 23 heavy (non-hydrogen) atoms. The molecule has 0 N–H and O–H groups in total. The molecule has 0 aliphatic rings. The van der Waals surface area contributed by atoms with E-state index < -0.39 is 15.8 Å². The number of benzene rings is 2. The van der Waals surface area contributed by atoms with Crippen molar-refractivity contribution in [2.75, 3.05) is 11.4 Å². The average molecular weight is 333 g/mol. The zero-order chi connectivity index (χ0) is 16.8. The summed E-state index contributed by atoms with van der Waals surface area (Å²) in [4.78, 5) is 4.32. The number of anilines is 1. The van der Waals surface area contributed by atoms with Gasteiger partial charge >= 0.3 is 0 Å². The summed E-state index contributed by atoms with van der Waals surface area (Å²) in [6.07, 6.45) is 1.67. The number of imidazole rings is 1. The van der Waals surface area contributed by atoms with Crippen molar-refractivity contribution in [2.24, 2.45) is 7.05 Å². The standard InChI is InChI=1S/C16H16FN3O2S/c1-11-8-12(17)4-7-16(11)23(21,22)20(3)13-5-6-15-14(9-13)18-10-19(15)2/h4-10H,1-3H3. The quantitative estimate of drug-likeness (QED) is 0.740. The predicted octanol–water partition coefficient (Wildman–Crippen LogP) is 2.85. The van der Waals surface area contributed by atoms with Gasteiger partial charge in [0.2, 0.25) is 0 Å². The fourth-order valence-corrected chi connectivity index (χ4v) is 3.90. The largest absolute Gasteiger partial charge is 0.334 e. The Bertz CT molecular complexity index is 996. The molecule has 1 aromatic heterocycles. The highest BCUT2D eigenvalue weighted by Crippen LogP contribution is 2.27. The van der Waals surface area contributed by atoms with Crippen LogP contribution in [-0.2, 0) is 17.1 Å². The number of halogens is 1. The zero-order valence-corrected chi connectivity index (χ0v) is 13.8. The molecule has 3 aromatic rings. The van der Waals surface area contributed by atoms with Crippen LogP contribution in [0, 0.1) is 12.7 Å². The van der Waals surface area contributed by atoms with E-state index in [1.165, 1.54) is 23.5 Å². The molecule has 1 heterocycles. The molecule has 0 bridgehead atoms. The number of sulfonamides is 1. The molecule has 0 atom stereocenters. The molecule has 0 unspecified atom stereocenters. The molecule has 0 spiro atoms. The molecule has 0 aliphatic heterocycles. The van der Waals surface area contributed by atoms with Crippen molar-refractivity contribution in [3.63, 3.8) is 0 Å². The van der Waals surface area contributed by atoms with Crippen molar-refractivity contribution in [1.29, 1.82) is 0 Å². The molecule has 2 aromatic carbocycles. The Morgan fingerprint density at radius 2 is 1.91 bits per heavy atom. The summed E-state index contributed by atoms with van der Waals surface area (Å²) in [6, 6.07) is 8.90. The second kappa shape index (κ2) is 5.34. The first-order chi connectivity index (χ1) is 10.8. The number of hydrogen-bond acceptors (Lipinski definition) is 3. The van der Waals surface area contributed by atoms with Gasteiger partial charge in [-0.3, -0.25) is 4.31 Å². The molecule has 0 radical (unpaired) electrons. The van der Waals surface area contributed by atoms with E-state index in [-0.39, 0.29) is 4.90 Å². The van der Waals surface area contributed by atoms with Gasteiger partial charge in [0.1, 0.15) is 5.82 Å². The Balaban J connectivity index is 2.07. The van der Waals surface area contributed by atoms with Crippen LogP contribution in [0.5, 0.6) is 0 Å². The summed E-state index contributed by atoms with van der Waals surface area (Å²) in [5.41, 5.74) is 2.50. The van der Waals surface area contributed by atoms with E-state index >= 15 is 0 Å². The molecular formula is C16H16FN3O2S. The van der Waals surface area contributed by atoms with E-state index in [2.05, 4.69) is 4.98 Å². The van der Waals surface area contributed by atoms with Crippen molar-refractivity contribution in [1.82, 2.24) is 9.55 Å². The summed E-state index contributed by atoms with van der Waals surface area (Å²) in [5.74, 6) is -0.459. The number of aromatic nitrogens is 2. The van der Waals surface area contributed by atoms with E-state index in [0.717, 1.165) is 11.6 Å². The first kappa shape index (κ1) is 15.5. The van der Waals surface area contributed by atoms with Crippen molar-refractivity contribution >= 4 is 26.7 Å². The number of nitrogens with zero attached hydrogens (tertiary/aromatic N) is 3. The summed E-state index contributed by atoms with van der Waals surface area (Å²) in [7, 11) is -0.422. The lowest BCUT2D eigenvalue weighted by atomic mass is 10.2. The van der Waals surface area contributed by atoms with E-state index in [4.69, 9.17) is 0 Å². The van der Waals surface area contributed by atoms with Gasteiger partial charge in [0.25, 0.3) is 10.0 Å². The van der Waals surface area contributed by atoms with Crippen LogP contribution in [0.25, 0.3) is 11.0 Å². The second-order valence-corrected chi connectivity index (χ2v) is 7.35. The van der Waals surface area contributed by atoms with Crippen molar-refractivity contribution in [3.05, 3.63) is 54.1 Å². The van der Waals surface area contributed by atoms with Crippen LogP contribution in [0.1, 0.15) is 5.56 Å². The van der Waals surface area contributed by atoms with Gasteiger partial charge < -0.3 is 4.57 Å². The lowest BCUT2D eigenvalue weighted by molar-refractivity contribution is 0.592. The lowest BCUT2D eigenvalue weighted by Gasteiger charge is -2.20. The molecule has 0 saturated heterocycles. The number of fused-ring (bicyclic) bond motifs is 1. The van der Waals surface area contributed by atoms with E-state index in [9.17, 15) is 12.8 Å². The fraction of sp³-hybridized carbons (Fsp3) is 0.188. The first-order valence-corrected chi connectivity index (χ1v) is 8.41. The van der Waals surface area contributed by atoms with Crippen molar-refractivity contribution in [3.8, 4) is 0 Å². The van der Waals surface area contributed by atoms with Crippen LogP contribution in [-0.4, -0.2) is 25.0 Å². The van der Waals surface area contributed by atoms with Crippen LogP contribution in [0.4, 0.5) is 10.1 Å². The monoisotopic (exact) mass is 333 g/mol. The minimum atomic E-state index is -3.77. The van der Waals surface area contributed by atoms with Gasteiger partial charge in [0.05, 0.1) is 27.9 Å². The maximum absolute atomic E-state index is 13.2. The second-order valence-electron chi connectivity index (χ2n) is 5.41. The van der Waals surface area contributed by atoms with Crippen LogP contribution in [0.2, 0.25) is 0 Å². The Kier molecular flexibility index (Phi) is 3.60. The van der Waals surface area contributed by atoms with Crippen LogP contribution in [0.15, 0.2) is 47.6 Å². The van der Waals surface area contributed by atoms with E-state index in [0.29, 0.717) is 16.8 Å². The molecule has 0 amide bonds. The fourth-order valence-electron chi connectivity index (χ4n) is 2.51. The third-order valence-electron chi connectivity index (χ3n) is 3.85. The molecule has 0 saturated carbocycles. The topological polar surface area (TPSA) is 55.2 Å². The Morgan fingerprint density at radius 1 is 1.17 bits per heavy atom.